The Morgan fingerprint density at radius 1 is 1.47 bits per heavy atom. The van der Waals surface area contributed by atoms with Gasteiger partial charge in [0.05, 0.1) is 6.04 Å². The van der Waals surface area contributed by atoms with Crippen LogP contribution in [-0.2, 0) is 0 Å². The predicted octanol–water partition coefficient (Wildman–Crippen LogP) is 3.78. The zero-order valence-electron chi connectivity index (χ0n) is 11.1. The zero-order chi connectivity index (χ0) is 12.5. The van der Waals surface area contributed by atoms with Crippen molar-refractivity contribution in [2.24, 2.45) is 17.2 Å². The summed E-state index contributed by atoms with van der Waals surface area (Å²) < 4.78 is 0. The number of hydrazine groups is 1. The summed E-state index contributed by atoms with van der Waals surface area (Å²) in [7, 11) is 0. The van der Waals surface area contributed by atoms with Crippen LogP contribution in [0.4, 0.5) is 0 Å². The number of hydrogen-bond donors (Lipinski definition) is 2. The Bertz CT molecular complexity index is 370. The van der Waals surface area contributed by atoms with Crippen molar-refractivity contribution in [3.63, 3.8) is 0 Å². The lowest BCUT2D eigenvalue weighted by atomic mass is 9.65. The van der Waals surface area contributed by atoms with E-state index in [2.05, 4.69) is 37.6 Å². The summed E-state index contributed by atoms with van der Waals surface area (Å²) in [5.74, 6) is 6.49. The number of hydrogen-bond acceptors (Lipinski definition) is 3. The standard InChI is InChI=1S/C14H24N2S/c1-10-7-9-17-13(10)12(16-15)11-6-4-5-8-14(11,2)3/h7,9,11-12,16H,4-6,8,15H2,1-3H3. The zero-order valence-corrected chi connectivity index (χ0v) is 11.9. The Balaban J connectivity index is 2.26. The molecular formula is C14H24N2S. The van der Waals surface area contributed by atoms with Crippen LogP contribution in [0.15, 0.2) is 11.4 Å². The van der Waals surface area contributed by atoms with Crippen LogP contribution < -0.4 is 11.3 Å². The van der Waals surface area contributed by atoms with Gasteiger partial charge in [0.15, 0.2) is 0 Å². The van der Waals surface area contributed by atoms with E-state index in [-0.39, 0.29) is 0 Å². The Kier molecular flexibility index (Phi) is 3.91. The van der Waals surface area contributed by atoms with Gasteiger partial charge in [0.1, 0.15) is 0 Å². The fourth-order valence-corrected chi connectivity index (χ4v) is 4.27. The van der Waals surface area contributed by atoms with Gasteiger partial charge in [-0.05, 0) is 48.1 Å². The predicted molar refractivity (Wildman–Crippen MR) is 74.9 cm³/mol. The maximum absolute atomic E-state index is 5.84. The molecule has 2 nitrogen and oxygen atoms in total. The van der Waals surface area contributed by atoms with E-state index in [0.717, 1.165) is 0 Å². The number of thiophene rings is 1. The Morgan fingerprint density at radius 3 is 2.76 bits per heavy atom. The van der Waals surface area contributed by atoms with Crippen LogP contribution in [0.25, 0.3) is 0 Å². The van der Waals surface area contributed by atoms with Gasteiger partial charge < -0.3 is 0 Å². The minimum atomic E-state index is 0.324. The van der Waals surface area contributed by atoms with E-state index in [1.807, 2.05) is 11.3 Å². The molecule has 1 fully saturated rings. The molecule has 3 heteroatoms. The van der Waals surface area contributed by atoms with Gasteiger partial charge in [0.2, 0.25) is 0 Å². The van der Waals surface area contributed by atoms with Crippen molar-refractivity contribution in [3.8, 4) is 0 Å². The summed E-state index contributed by atoms with van der Waals surface area (Å²) in [6, 6.07) is 2.52. The third-order valence-corrected chi connectivity index (χ3v) is 5.46. The average molecular weight is 252 g/mol. The third-order valence-electron chi connectivity index (χ3n) is 4.36. The highest BCUT2D eigenvalue weighted by atomic mass is 32.1. The molecule has 0 spiro atoms. The molecule has 2 rings (SSSR count). The maximum Gasteiger partial charge on any atom is 0.0589 e. The van der Waals surface area contributed by atoms with E-state index in [1.165, 1.54) is 36.1 Å². The van der Waals surface area contributed by atoms with E-state index in [1.54, 1.807) is 0 Å². The summed E-state index contributed by atoms with van der Waals surface area (Å²) in [5.41, 5.74) is 4.85. The van der Waals surface area contributed by atoms with Crippen LogP contribution in [0, 0.1) is 18.3 Å². The Labute approximate surface area is 109 Å². The van der Waals surface area contributed by atoms with Gasteiger partial charge in [-0.1, -0.05) is 26.7 Å². The smallest absolute Gasteiger partial charge is 0.0589 e. The molecule has 1 aromatic rings. The second-order valence-corrected chi connectivity index (χ2v) is 6.90. The lowest BCUT2D eigenvalue weighted by Crippen LogP contribution is -2.41. The Hall–Kier alpha value is -0.380. The van der Waals surface area contributed by atoms with Crippen LogP contribution in [0.3, 0.4) is 0 Å². The minimum Gasteiger partial charge on any atom is -0.271 e. The lowest BCUT2D eigenvalue weighted by molar-refractivity contribution is 0.0993. The van der Waals surface area contributed by atoms with Crippen molar-refractivity contribution in [1.29, 1.82) is 0 Å². The SMILES string of the molecule is Cc1ccsc1C(NN)C1CCCCC1(C)C. The molecule has 0 aliphatic heterocycles. The normalized spacial score (nSPS) is 25.8. The molecular weight excluding hydrogens is 228 g/mol. The fraction of sp³-hybridized carbons (Fsp3) is 0.714. The van der Waals surface area contributed by atoms with Gasteiger partial charge in [-0.3, -0.25) is 11.3 Å². The van der Waals surface area contributed by atoms with Gasteiger partial charge in [-0.15, -0.1) is 11.3 Å². The van der Waals surface area contributed by atoms with Crippen molar-refractivity contribution in [2.45, 2.75) is 52.5 Å². The summed E-state index contributed by atoms with van der Waals surface area (Å²) in [6.45, 7) is 6.97. The molecule has 1 aromatic heterocycles. The minimum absolute atomic E-state index is 0.324. The van der Waals surface area contributed by atoms with E-state index in [4.69, 9.17) is 5.84 Å². The number of nitrogens with two attached hydrogens (primary N) is 1. The first-order chi connectivity index (χ1) is 8.06. The quantitative estimate of drug-likeness (QED) is 0.634. The van der Waals surface area contributed by atoms with Crippen molar-refractivity contribution in [1.82, 2.24) is 5.43 Å². The highest BCUT2D eigenvalue weighted by Crippen LogP contribution is 2.47. The molecule has 0 bridgehead atoms. The largest absolute Gasteiger partial charge is 0.271 e. The van der Waals surface area contributed by atoms with E-state index >= 15 is 0 Å². The van der Waals surface area contributed by atoms with Crippen LogP contribution >= 0.6 is 11.3 Å². The van der Waals surface area contributed by atoms with Gasteiger partial charge in [-0.25, -0.2) is 0 Å². The van der Waals surface area contributed by atoms with Gasteiger partial charge in [-0.2, -0.15) is 0 Å². The summed E-state index contributed by atoms with van der Waals surface area (Å²) in [5, 5.41) is 2.17. The molecule has 0 radical (unpaired) electrons. The van der Waals surface area contributed by atoms with E-state index < -0.39 is 0 Å². The van der Waals surface area contributed by atoms with E-state index in [9.17, 15) is 0 Å². The Morgan fingerprint density at radius 2 is 2.24 bits per heavy atom. The number of nitrogens with one attached hydrogen (secondary N) is 1. The second kappa shape index (κ2) is 5.09. The van der Waals surface area contributed by atoms with Crippen LogP contribution in [0.2, 0.25) is 0 Å². The first kappa shape index (κ1) is 13.1. The fourth-order valence-electron chi connectivity index (χ4n) is 3.22. The molecule has 1 heterocycles. The molecule has 0 aromatic carbocycles. The molecule has 17 heavy (non-hydrogen) atoms. The molecule has 1 aliphatic carbocycles. The van der Waals surface area contributed by atoms with Crippen molar-refractivity contribution in [3.05, 3.63) is 21.9 Å². The molecule has 3 N–H and O–H groups in total. The average Bonchev–Trinajstić information content (AvgIpc) is 2.68. The monoisotopic (exact) mass is 252 g/mol. The molecule has 1 aliphatic rings. The molecule has 1 saturated carbocycles. The third kappa shape index (κ3) is 2.56. The lowest BCUT2D eigenvalue weighted by Gasteiger charge is -2.43. The van der Waals surface area contributed by atoms with Crippen LogP contribution in [0.1, 0.15) is 56.0 Å². The highest BCUT2D eigenvalue weighted by molar-refractivity contribution is 7.10. The molecule has 2 atom stereocenters. The summed E-state index contributed by atoms with van der Waals surface area (Å²) in [4.78, 5) is 1.42. The summed E-state index contributed by atoms with van der Waals surface area (Å²) in [6.07, 6.45) is 5.32. The molecule has 96 valence electrons. The van der Waals surface area contributed by atoms with Crippen LogP contribution in [-0.4, -0.2) is 0 Å². The van der Waals surface area contributed by atoms with E-state index in [0.29, 0.717) is 17.4 Å². The number of aryl methyl sites for hydroxylation is 1. The molecule has 0 saturated heterocycles. The molecule has 0 amide bonds. The van der Waals surface area contributed by atoms with Gasteiger partial charge in [0, 0.05) is 4.88 Å². The maximum atomic E-state index is 5.84. The van der Waals surface area contributed by atoms with Crippen molar-refractivity contribution >= 4 is 11.3 Å². The van der Waals surface area contributed by atoms with Gasteiger partial charge in [0.25, 0.3) is 0 Å². The first-order valence-electron chi connectivity index (χ1n) is 6.56. The topological polar surface area (TPSA) is 38.0 Å². The highest BCUT2D eigenvalue weighted by Gasteiger charge is 2.38. The van der Waals surface area contributed by atoms with Crippen molar-refractivity contribution < 1.29 is 0 Å². The van der Waals surface area contributed by atoms with Crippen LogP contribution in [0.5, 0.6) is 0 Å². The number of rotatable bonds is 3. The summed E-state index contributed by atoms with van der Waals surface area (Å²) >= 11 is 1.83. The second-order valence-electron chi connectivity index (χ2n) is 5.95. The molecule has 2 unspecified atom stereocenters. The first-order valence-corrected chi connectivity index (χ1v) is 7.44. The van der Waals surface area contributed by atoms with Crippen molar-refractivity contribution in [2.75, 3.05) is 0 Å². The van der Waals surface area contributed by atoms with Gasteiger partial charge >= 0.3 is 0 Å².